The highest BCUT2D eigenvalue weighted by Gasteiger charge is 2.35. The van der Waals surface area contributed by atoms with Crippen molar-refractivity contribution in [1.82, 2.24) is 20.2 Å². The largest absolute Gasteiger partial charge is 0.493 e. The van der Waals surface area contributed by atoms with E-state index >= 15 is 0 Å². The van der Waals surface area contributed by atoms with Gasteiger partial charge in [-0.15, -0.1) is 0 Å². The maximum Gasteiger partial charge on any atom is 0.259 e. The predicted molar refractivity (Wildman–Crippen MR) is 136 cm³/mol. The number of aromatic nitrogens is 2. The Labute approximate surface area is 202 Å². The number of hydrogen-bond acceptors (Lipinski definition) is 5. The number of rotatable bonds is 9. The Balaban J connectivity index is 1.76. The van der Waals surface area contributed by atoms with E-state index in [1.54, 1.807) is 20.4 Å². The standard InChI is InChI=1S/C27H28N4O4/c1-4-28-12-7-13-31-15-19(17-10-11-21(34-2)25(35-3)24(17)31)23-22(26(32)30-27(23)33)18-14-29-20-9-6-5-8-16(18)20/h5-6,8-11,14-15,28-29H,4,7,12-13H2,1-3H3,(H,30,32,33). The summed E-state index contributed by atoms with van der Waals surface area (Å²) in [6.07, 6.45) is 4.62. The zero-order chi connectivity index (χ0) is 24.5. The van der Waals surface area contributed by atoms with Crippen molar-refractivity contribution in [3.05, 3.63) is 59.9 Å². The molecular weight excluding hydrogens is 444 g/mol. The lowest BCUT2D eigenvalue weighted by Gasteiger charge is -2.12. The van der Waals surface area contributed by atoms with Crippen molar-refractivity contribution in [2.24, 2.45) is 0 Å². The van der Waals surface area contributed by atoms with Crippen LogP contribution in [0, 0.1) is 0 Å². The Bertz CT molecular complexity index is 1480. The number of amides is 2. The molecule has 35 heavy (non-hydrogen) atoms. The number of nitrogens with zero attached hydrogens (tertiary/aromatic N) is 1. The number of hydrogen-bond donors (Lipinski definition) is 3. The predicted octanol–water partition coefficient (Wildman–Crippen LogP) is 3.71. The number of methoxy groups -OCH3 is 2. The Kier molecular flexibility index (Phi) is 6.05. The lowest BCUT2D eigenvalue weighted by atomic mass is 9.95. The molecule has 0 spiro atoms. The van der Waals surface area contributed by atoms with Crippen LogP contribution >= 0.6 is 0 Å². The van der Waals surface area contributed by atoms with Crippen molar-refractivity contribution in [1.29, 1.82) is 0 Å². The molecule has 1 aliphatic heterocycles. The zero-order valence-corrected chi connectivity index (χ0v) is 20.0. The summed E-state index contributed by atoms with van der Waals surface area (Å²) >= 11 is 0. The van der Waals surface area contributed by atoms with E-state index in [0.717, 1.165) is 41.3 Å². The molecule has 3 heterocycles. The Morgan fingerprint density at radius 1 is 0.943 bits per heavy atom. The van der Waals surface area contributed by atoms with Crippen molar-refractivity contribution in [2.75, 3.05) is 27.3 Å². The van der Waals surface area contributed by atoms with Gasteiger partial charge in [-0.05, 0) is 37.7 Å². The summed E-state index contributed by atoms with van der Waals surface area (Å²) in [7, 11) is 3.21. The lowest BCUT2D eigenvalue weighted by molar-refractivity contribution is -0.122. The second-order valence-corrected chi connectivity index (χ2v) is 8.42. The summed E-state index contributed by atoms with van der Waals surface area (Å²) in [6.45, 7) is 4.54. The van der Waals surface area contributed by atoms with Gasteiger partial charge < -0.3 is 24.3 Å². The fourth-order valence-corrected chi connectivity index (χ4v) is 4.88. The Hall–Kier alpha value is -4.04. The zero-order valence-electron chi connectivity index (χ0n) is 20.0. The number of ether oxygens (including phenoxy) is 2. The van der Waals surface area contributed by atoms with Gasteiger partial charge in [-0.3, -0.25) is 14.9 Å². The molecule has 180 valence electrons. The molecule has 0 atom stereocenters. The van der Waals surface area contributed by atoms with Crippen molar-refractivity contribution in [2.45, 2.75) is 19.9 Å². The average molecular weight is 473 g/mol. The molecule has 0 unspecified atom stereocenters. The number of imide groups is 1. The first kappa shape index (κ1) is 22.7. The third-order valence-electron chi connectivity index (χ3n) is 6.44. The van der Waals surface area contributed by atoms with Gasteiger partial charge in [-0.1, -0.05) is 25.1 Å². The van der Waals surface area contributed by atoms with Gasteiger partial charge in [0.05, 0.1) is 30.9 Å². The number of carbonyl (C=O) groups excluding carboxylic acids is 2. The molecule has 8 nitrogen and oxygen atoms in total. The van der Waals surface area contributed by atoms with E-state index < -0.39 is 11.8 Å². The molecule has 3 N–H and O–H groups in total. The van der Waals surface area contributed by atoms with Gasteiger partial charge in [0.15, 0.2) is 11.5 Å². The highest BCUT2D eigenvalue weighted by molar-refractivity contribution is 6.50. The normalized spacial score (nSPS) is 13.8. The van der Waals surface area contributed by atoms with Crippen molar-refractivity contribution in [3.8, 4) is 11.5 Å². The first-order chi connectivity index (χ1) is 17.1. The summed E-state index contributed by atoms with van der Waals surface area (Å²) in [4.78, 5) is 29.5. The minimum atomic E-state index is -0.406. The van der Waals surface area contributed by atoms with Crippen LogP contribution in [0.25, 0.3) is 33.0 Å². The quantitative estimate of drug-likeness (QED) is 0.255. The third kappa shape index (κ3) is 3.76. The molecule has 2 amide bonds. The maximum atomic E-state index is 13.2. The van der Waals surface area contributed by atoms with Crippen molar-refractivity contribution >= 4 is 44.8 Å². The molecule has 0 saturated heterocycles. The molecule has 0 fully saturated rings. The minimum absolute atomic E-state index is 0.363. The van der Waals surface area contributed by atoms with Gasteiger partial charge in [-0.25, -0.2) is 0 Å². The number of carbonyl (C=O) groups is 2. The molecule has 5 rings (SSSR count). The number of para-hydroxylation sites is 1. The van der Waals surface area contributed by atoms with Gasteiger partial charge in [0, 0.05) is 46.4 Å². The SMILES string of the molecule is CCNCCCn1cc(C2=C(c3c[nH]c4ccccc34)C(=O)NC2=O)c2ccc(OC)c(OC)c21. The summed E-state index contributed by atoms with van der Waals surface area (Å²) in [5.41, 5.74) is 3.85. The summed E-state index contributed by atoms with van der Waals surface area (Å²) in [5, 5.41) is 7.57. The van der Waals surface area contributed by atoms with Crippen LogP contribution in [0.4, 0.5) is 0 Å². The molecule has 2 aromatic heterocycles. The molecule has 0 radical (unpaired) electrons. The molecular formula is C27H28N4O4. The van der Waals surface area contributed by atoms with E-state index in [1.807, 2.05) is 42.6 Å². The van der Waals surface area contributed by atoms with Gasteiger partial charge in [0.25, 0.3) is 11.8 Å². The second kappa shape index (κ2) is 9.31. The molecule has 0 saturated carbocycles. The Morgan fingerprint density at radius 2 is 1.71 bits per heavy atom. The topological polar surface area (TPSA) is 97.4 Å². The average Bonchev–Trinajstić information content (AvgIpc) is 3.53. The highest BCUT2D eigenvalue weighted by atomic mass is 16.5. The fraction of sp³-hybridized carbons (Fsp3) is 0.259. The van der Waals surface area contributed by atoms with E-state index in [4.69, 9.17) is 9.47 Å². The van der Waals surface area contributed by atoms with E-state index in [9.17, 15) is 9.59 Å². The molecule has 2 aromatic carbocycles. The van der Waals surface area contributed by atoms with Gasteiger partial charge in [0.1, 0.15) is 0 Å². The van der Waals surface area contributed by atoms with Crippen LogP contribution in [0.5, 0.6) is 11.5 Å². The number of benzene rings is 2. The molecule has 8 heteroatoms. The number of H-pyrrole nitrogens is 1. The van der Waals surface area contributed by atoms with E-state index in [1.165, 1.54) is 0 Å². The summed E-state index contributed by atoms with van der Waals surface area (Å²) < 4.78 is 13.4. The smallest absolute Gasteiger partial charge is 0.259 e. The van der Waals surface area contributed by atoms with Crippen LogP contribution in [-0.2, 0) is 16.1 Å². The minimum Gasteiger partial charge on any atom is -0.493 e. The van der Waals surface area contributed by atoms with E-state index in [0.29, 0.717) is 40.3 Å². The number of nitrogens with one attached hydrogen (secondary N) is 3. The Morgan fingerprint density at radius 3 is 2.46 bits per heavy atom. The van der Waals surface area contributed by atoms with Gasteiger partial charge in [-0.2, -0.15) is 0 Å². The number of fused-ring (bicyclic) bond motifs is 2. The monoisotopic (exact) mass is 472 g/mol. The van der Waals surface area contributed by atoms with E-state index in [-0.39, 0.29) is 0 Å². The van der Waals surface area contributed by atoms with Crippen molar-refractivity contribution < 1.29 is 19.1 Å². The van der Waals surface area contributed by atoms with Crippen molar-refractivity contribution in [3.63, 3.8) is 0 Å². The van der Waals surface area contributed by atoms with Gasteiger partial charge >= 0.3 is 0 Å². The third-order valence-corrected chi connectivity index (χ3v) is 6.44. The van der Waals surface area contributed by atoms with Crippen LogP contribution in [0.15, 0.2) is 48.8 Å². The number of aromatic amines is 1. The molecule has 1 aliphatic rings. The first-order valence-corrected chi connectivity index (χ1v) is 11.7. The molecule has 4 aromatic rings. The van der Waals surface area contributed by atoms with Crippen LogP contribution in [0.2, 0.25) is 0 Å². The van der Waals surface area contributed by atoms with Crippen LogP contribution in [0.1, 0.15) is 24.5 Å². The van der Waals surface area contributed by atoms with Crippen LogP contribution < -0.4 is 20.1 Å². The first-order valence-electron chi connectivity index (χ1n) is 11.7. The fourth-order valence-electron chi connectivity index (χ4n) is 4.88. The maximum absolute atomic E-state index is 13.2. The van der Waals surface area contributed by atoms with Crippen LogP contribution in [0.3, 0.4) is 0 Å². The van der Waals surface area contributed by atoms with Gasteiger partial charge in [0.2, 0.25) is 0 Å². The summed E-state index contributed by atoms with van der Waals surface area (Å²) in [6, 6.07) is 11.5. The summed E-state index contributed by atoms with van der Waals surface area (Å²) in [5.74, 6) is 0.397. The molecule has 0 aliphatic carbocycles. The van der Waals surface area contributed by atoms with E-state index in [2.05, 4.69) is 27.1 Å². The lowest BCUT2D eigenvalue weighted by Crippen LogP contribution is -2.22. The second-order valence-electron chi connectivity index (χ2n) is 8.42. The molecule has 0 bridgehead atoms. The number of aryl methyl sites for hydroxylation is 1. The van der Waals surface area contributed by atoms with Crippen LogP contribution in [-0.4, -0.2) is 48.7 Å². The highest BCUT2D eigenvalue weighted by Crippen LogP contribution is 2.43.